The maximum absolute atomic E-state index is 5.40. The van der Waals surface area contributed by atoms with Gasteiger partial charge in [-0.1, -0.05) is 26.8 Å². The van der Waals surface area contributed by atoms with Crippen molar-refractivity contribution in [2.75, 3.05) is 40.4 Å². The first-order chi connectivity index (χ1) is 9.69. The third-order valence-corrected chi connectivity index (χ3v) is 3.60. The number of nitrogens with zero attached hydrogens (tertiary/aromatic N) is 1. The normalized spacial score (nSPS) is 12.5. The zero-order chi connectivity index (χ0) is 15.0. The number of hydrogen-bond acceptors (Lipinski definition) is 4. The zero-order valence-electron chi connectivity index (χ0n) is 13.4. The van der Waals surface area contributed by atoms with Crippen molar-refractivity contribution < 1.29 is 9.47 Å². The molecule has 0 aliphatic rings. The van der Waals surface area contributed by atoms with E-state index in [0.717, 1.165) is 37.7 Å². The molecule has 0 radical (unpaired) electrons. The lowest BCUT2D eigenvalue weighted by atomic mass is 10.1. The number of methoxy groups -OCH3 is 2. The van der Waals surface area contributed by atoms with Crippen molar-refractivity contribution in [1.82, 2.24) is 10.2 Å². The van der Waals surface area contributed by atoms with Gasteiger partial charge in [0.05, 0.1) is 14.2 Å². The van der Waals surface area contributed by atoms with Gasteiger partial charge in [0.1, 0.15) is 0 Å². The van der Waals surface area contributed by atoms with Gasteiger partial charge in [0.25, 0.3) is 0 Å². The third-order valence-electron chi connectivity index (χ3n) is 3.60. The lowest BCUT2D eigenvalue weighted by Gasteiger charge is -2.26. The molecular weight excluding hydrogens is 252 g/mol. The van der Waals surface area contributed by atoms with Crippen LogP contribution in [0.25, 0.3) is 0 Å². The highest BCUT2D eigenvalue weighted by molar-refractivity contribution is 5.43. The van der Waals surface area contributed by atoms with Crippen molar-refractivity contribution in [3.05, 3.63) is 23.8 Å². The Morgan fingerprint density at radius 2 is 1.70 bits per heavy atom. The molecule has 1 aromatic rings. The Kier molecular flexibility index (Phi) is 7.41. The Morgan fingerprint density at radius 1 is 1.05 bits per heavy atom. The largest absolute Gasteiger partial charge is 0.493 e. The number of benzene rings is 1. The highest BCUT2D eigenvalue weighted by Gasteiger charge is 2.15. The molecule has 20 heavy (non-hydrogen) atoms. The quantitative estimate of drug-likeness (QED) is 0.754. The molecule has 1 rings (SSSR count). The molecule has 0 aliphatic heterocycles. The number of hydrogen-bond donors (Lipinski definition) is 1. The Bertz CT molecular complexity index is 392. The second-order valence-electron chi connectivity index (χ2n) is 4.71. The van der Waals surface area contributed by atoms with E-state index in [-0.39, 0.29) is 0 Å². The molecule has 114 valence electrons. The number of rotatable bonds is 9. The molecule has 1 unspecified atom stereocenters. The minimum absolute atomic E-state index is 0.305. The average Bonchev–Trinajstić information content (AvgIpc) is 2.50. The molecule has 0 bridgehead atoms. The van der Waals surface area contributed by atoms with Gasteiger partial charge < -0.3 is 19.7 Å². The van der Waals surface area contributed by atoms with Crippen molar-refractivity contribution in [3.8, 4) is 11.5 Å². The van der Waals surface area contributed by atoms with E-state index in [2.05, 4.69) is 43.1 Å². The summed E-state index contributed by atoms with van der Waals surface area (Å²) in [5.41, 5.74) is 1.23. The van der Waals surface area contributed by atoms with Gasteiger partial charge in [-0.3, -0.25) is 0 Å². The van der Waals surface area contributed by atoms with Gasteiger partial charge >= 0.3 is 0 Å². The van der Waals surface area contributed by atoms with Crippen molar-refractivity contribution >= 4 is 0 Å². The van der Waals surface area contributed by atoms with Gasteiger partial charge in [-0.2, -0.15) is 0 Å². The molecule has 0 amide bonds. The first-order valence-electron chi connectivity index (χ1n) is 7.37. The molecule has 1 aromatic carbocycles. The Labute approximate surface area is 123 Å². The molecule has 0 saturated carbocycles. The highest BCUT2D eigenvalue weighted by Crippen LogP contribution is 2.30. The molecule has 1 atom stereocenters. The van der Waals surface area contributed by atoms with Crippen molar-refractivity contribution in [2.24, 2.45) is 0 Å². The van der Waals surface area contributed by atoms with Crippen LogP contribution in [0.1, 0.15) is 32.4 Å². The van der Waals surface area contributed by atoms with Crippen molar-refractivity contribution in [3.63, 3.8) is 0 Å². The highest BCUT2D eigenvalue weighted by atomic mass is 16.5. The van der Waals surface area contributed by atoms with Gasteiger partial charge in [0.15, 0.2) is 11.5 Å². The predicted molar refractivity (Wildman–Crippen MR) is 83.8 cm³/mol. The van der Waals surface area contributed by atoms with Crippen LogP contribution in [0.2, 0.25) is 0 Å². The fourth-order valence-electron chi connectivity index (χ4n) is 2.34. The SMILES string of the molecule is CCNC(CN(CC)CC)c1ccc(OC)c(OC)c1. The monoisotopic (exact) mass is 280 g/mol. The minimum atomic E-state index is 0.305. The summed E-state index contributed by atoms with van der Waals surface area (Å²) in [6, 6.07) is 6.45. The molecule has 0 fully saturated rings. The lowest BCUT2D eigenvalue weighted by Crippen LogP contribution is -2.35. The summed E-state index contributed by atoms with van der Waals surface area (Å²) < 4.78 is 10.7. The first-order valence-corrected chi connectivity index (χ1v) is 7.37. The van der Waals surface area contributed by atoms with Crippen molar-refractivity contribution in [2.45, 2.75) is 26.8 Å². The van der Waals surface area contributed by atoms with Crippen LogP contribution in [0.5, 0.6) is 11.5 Å². The standard InChI is InChI=1S/C16H28N2O2/c1-6-17-14(12-18(7-2)8-3)13-9-10-15(19-4)16(11-13)20-5/h9-11,14,17H,6-8,12H2,1-5H3. The molecule has 1 N–H and O–H groups in total. The van der Waals surface area contributed by atoms with Gasteiger partial charge in [-0.05, 0) is 37.3 Å². The van der Waals surface area contributed by atoms with Gasteiger partial charge in [0.2, 0.25) is 0 Å². The molecule has 0 saturated heterocycles. The Morgan fingerprint density at radius 3 is 2.20 bits per heavy atom. The smallest absolute Gasteiger partial charge is 0.161 e. The molecule has 0 heterocycles. The van der Waals surface area contributed by atoms with E-state index in [1.807, 2.05) is 6.07 Å². The van der Waals surface area contributed by atoms with Crippen LogP contribution in [-0.2, 0) is 0 Å². The average molecular weight is 280 g/mol. The molecule has 0 aromatic heterocycles. The second-order valence-corrected chi connectivity index (χ2v) is 4.71. The maximum Gasteiger partial charge on any atom is 0.161 e. The molecule has 4 heteroatoms. The van der Waals surface area contributed by atoms with Crippen LogP contribution in [0.15, 0.2) is 18.2 Å². The van der Waals surface area contributed by atoms with Crippen molar-refractivity contribution in [1.29, 1.82) is 0 Å². The summed E-state index contributed by atoms with van der Waals surface area (Å²) in [5, 5.41) is 3.55. The van der Waals surface area contributed by atoms with Crippen LogP contribution in [0.3, 0.4) is 0 Å². The molecule has 4 nitrogen and oxygen atoms in total. The minimum Gasteiger partial charge on any atom is -0.493 e. The number of ether oxygens (including phenoxy) is 2. The Balaban J connectivity index is 2.95. The zero-order valence-corrected chi connectivity index (χ0v) is 13.4. The predicted octanol–water partition coefficient (Wildman–Crippen LogP) is 2.70. The molecule has 0 spiro atoms. The first kappa shape index (κ1) is 16.8. The molecule has 0 aliphatic carbocycles. The van der Waals surface area contributed by atoms with Crippen LogP contribution in [0.4, 0.5) is 0 Å². The van der Waals surface area contributed by atoms with Gasteiger partial charge in [0, 0.05) is 12.6 Å². The van der Waals surface area contributed by atoms with Gasteiger partial charge in [-0.25, -0.2) is 0 Å². The van der Waals surface area contributed by atoms with E-state index in [1.54, 1.807) is 14.2 Å². The lowest BCUT2D eigenvalue weighted by molar-refractivity contribution is 0.266. The van der Waals surface area contributed by atoms with Crippen LogP contribution < -0.4 is 14.8 Å². The summed E-state index contributed by atoms with van der Waals surface area (Å²) in [7, 11) is 3.34. The van der Waals surface area contributed by atoms with E-state index in [0.29, 0.717) is 6.04 Å². The summed E-state index contributed by atoms with van der Waals surface area (Å²) in [6.07, 6.45) is 0. The van der Waals surface area contributed by atoms with E-state index < -0.39 is 0 Å². The molecular formula is C16H28N2O2. The summed E-state index contributed by atoms with van der Waals surface area (Å²) in [4.78, 5) is 2.42. The maximum atomic E-state index is 5.40. The van der Waals surface area contributed by atoms with Crippen LogP contribution in [-0.4, -0.2) is 45.3 Å². The van der Waals surface area contributed by atoms with E-state index in [1.165, 1.54) is 5.56 Å². The third kappa shape index (κ3) is 4.39. The van der Waals surface area contributed by atoms with E-state index >= 15 is 0 Å². The van der Waals surface area contributed by atoms with Crippen LogP contribution in [0, 0.1) is 0 Å². The summed E-state index contributed by atoms with van der Waals surface area (Å²) in [5.74, 6) is 1.56. The van der Waals surface area contributed by atoms with Crippen LogP contribution >= 0.6 is 0 Å². The summed E-state index contributed by atoms with van der Waals surface area (Å²) >= 11 is 0. The van der Waals surface area contributed by atoms with E-state index in [9.17, 15) is 0 Å². The second kappa shape index (κ2) is 8.82. The Hall–Kier alpha value is -1.26. The number of nitrogens with one attached hydrogen (secondary N) is 1. The van der Waals surface area contributed by atoms with Gasteiger partial charge in [-0.15, -0.1) is 0 Å². The van der Waals surface area contributed by atoms with E-state index in [4.69, 9.17) is 9.47 Å². The topological polar surface area (TPSA) is 33.7 Å². The fraction of sp³-hybridized carbons (Fsp3) is 0.625. The summed E-state index contributed by atoms with van der Waals surface area (Å²) in [6.45, 7) is 10.6. The number of likely N-dealkylation sites (N-methyl/N-ethyl adjacent to an activating group) is 2. The fourth-order valence-corrected chi connectivity index (χ4v) is 2.34.